The minimum Gasteiger partial charge on any atom is -0.455 e. The number of nitro benzene ring substituents is 1. The molecule has 3 fully saturated rings. The summed E-state index contributed by atoms with van der Waals surface area (Å²) >= 11 is 0. The van der Waals surface area contributed by atoms with Gasteiger partial charge in [0.05, 0.1) is 33.2 Å². The fraction of sp³-hybridized carbons (Fsp3) is 0.319. The number of ether oxygens (including phenoxy) is 1. The van der Waals surface area contributed by atoms with E-state index in [9.17, 15) is 28.4 Å². The first-order valence-electron chi connectivity index (χ1n) is 20.9. The molecule has 1 aliphatic heterocycles. The van der Waals surface area contributed by atoms with Gasteiger partial charge in [-0.05, 0) is 141 Å². The molecule has 2 aromatic heterocycles. The molecule has 4 aromatic carbocycles. The first-order chi connectivity index (χ1) is 29.4. The Morgan fingerprint density at radius 3 is 2.46 bits per heavy atom. The summed E-state index contributed by atoms with van der Waals surface area (Å²) in [5, 5.41) is 26.3. The Bertz CT molecular complexity index is 2720. The molecule has 9 rings (SSSR count). The van der Waals surface area contributed by atoms with Crippen molar-refractivity contribution in [3.63, 3.8) is 0 Å². The van der Waals surface area contributed by atoms with Crippen molar-refractivity contribution >= 4 is 44.0 Å². The van der Waals surface area contributed by atoms with Crippen LogP contribution < -0.4 is 19.7 Å². The summed E-state index contributed by atoms with van der Waals surface area (Å²) in [6.45, 7) is 3.21. The lowest BCUT2D eigenvalue weighted by Gasteiger charge is -2.33. The fourth-order valence-corrected chi connectivity index (χ4v) is 9.86. The zero-order valence-electron chi connectivity index (χ0n) is 33.8. The van der Waals surface area contributed by atoms with E-state index in [1.807, 2.05) is 25.1 Å². The number of hydrogen-bond donors (Lipinski definition) is 4. The minimum absolute atomic E-state index is 0.0633. The number of rotatable bonds is 13. The number of anilines is 2. The maximum atomic E-state index is 13.9. The third kappa shape index (κ3) is 8.68. The van der Waals surface area contributed by atoms with Crippen molar-refractivity contribution in [2.75, 3.05) is 23.3 Å². The highest BCUT2D eigenvalue weighted by molar-refractivity contribution is 7.90. The van der Waals surface area contributed by atoms with Crippen LogP contribution in [-0.4, -0.2) is 53.0 Å². The first kappa shape index (κ1) is 40.2. The second-order valence-corrected chi connectivity index (χ2v) is 18.6. The monoisotopic (exact) mass is 840 g/mol. The van der Waals surface area contributed by atoms with E-state index in [1.165, 1.54) is 48.4 Å². The van der Waals surface area contributed by atoms with Crippen molar-refractivity contribution in [3.05, 3.63) is 136 Å². The summed E-state index contributed by atoms with van der Waals surface area (Å²) in [4.78, 5) is 34.9. The molecule has 0 radical (unpaired) electrons. The molecule has 61 heavy (non-hydrogen) atoms. The van der Waals surface area contributed by atoms with E-state index in [1.54, 1.807) is 24.4 Å². The predicted molar refractivity (Wildman–Crippen MR) is 235 cm³/mol. The van der Waals surface area contributed by atoms with Gasteiger partial charge in [-0.2, -0.15) is 0 Å². The maximum Gasteiger partial charge on any atom is 0.293 e. The van der Waals surface area contributed by atoms with E-state index in [-0.39, 0.29) is 22.9 Å². The van der Waals surface area contributed by atoms with Crippen molar-refractivity contribution in [2.24, 2.45) is 5.92 Å². The number of nitrogens with one attached hydrogen (secondary N) is 3. The number of aromatic amines is 1. The predicted octanol–water partition coefficient (Wildman–Crippen LogP) is 9.62. The second-order valence-electron chi connectivity index (χ2n) is 16.9. The first-order valence-corrected chi connectivity index (χ1v) is 22.4. The Hall–Kier alpha value is -6.25. The van der Waals surface area contributed by atoms with Crippen LogP contribution in [0.1, 0.15) is 91.7 Å². The zero-order chi connectivity index (χ0) is 42.3. The molecule has 1 amide bonds. The van der Waals surface area contributed by atoms with E-state index >= 15 is 0 Å². The number of sulfonamides is 1. The largest absolute Gasteiger partial charge is 0.455 e. The maximum absolute atomic E-state index is 13.9. The molecule has 1 atom stereocenters. The Labute approximate surface area is 354 Å². The number of pyridine rings is 1. The van der Waals surface area contributed by atoms with E-state index in [0.717, 1.165) is 60.5 Å². The molecular weight excluding hydrogens is 793 g/mol. The van der Waals surface area contributed by atoms with Crippen molar-refractivity contribution in [2.45, 2.75) is 80.7 Å². The van der Waals surface area contributed by atoms with E-state index < -0.39 is 37.0 Å². The molecule has 0 unspecified atom stereocenters. The summed E-state index contributed by atoms with van der Waals surface area (Å²) in [5.74, 6) is 0.319. The van der Waals surface area contributed by atoms with E-state index in [2.05, 4.69) is 61.3 Å². The number of fused-ring (bicyclic) bond motifs is 1. The van der Waals surface area contributed by atoms with Crippen molar-refractivity contribution < 1.29 is 28.0 Å². The Morgan fingerprint density at radius 2 is 1.70 bits per heavy atom. The van der Waals surface area contributed by atoms with Gasteiger partial charge in [0.25, 0.3) is 21.6 Å². The number of nitrogens with zero attached hydrogens (tertiary/aromatic N) is 3. The molecule has 6 aromatic rings. The van der Waals surface area contributed by atoms with Gasteiger partial charge in [-0.15, -0.1) is 0 Å². The number of nitro groups is 1. The molecule has 2 aliphatic carbocycles. The number of carbonyl (C=O) groups is 1. The van der Waals surface area contributed by atoms with Gasteiger partial charge in [0.2, 0.25) is 0 Å². The summed E-state index contributed by atoms with van der Waals surface area (Å²) in [5.41, 5.74) is 5.25. The van der Waals surface area contributed by atoms with Gasteiger partial charge in [0.1, 0.15) is 22.8 Å². The van der Waals surface area contributed by atoms with Crippen LogP contribution in [0.15, 0.2) is 114 Å². The lowest BCUT2D eigenvalue weighted by atomic mass is 9.80. The van der Waals surface area contributed by atoms with Crippen LogP contribution in [-0.2, 0) is 10.0 Å². The summed E-state index contributed by atoms with van der Waals surface area (Å²) in [7, 11) is -4.58. The topological polar surface area (TPSA) is 180 Å². The number of H-pyrrole nitrogens is 1. The molecule has 3 aliphatic rings. The normalized spacial score (nSPS) is 20.4. The molecule has 0 bridgehead atoms. The number of aromatic nitrogens is 2. The molecular formula is C47H48N6O7S. The fourth-order valence-electron chi connectivity index (χ4n) is 8.87. The molecule has 314 valence electrons. The average molecular weight is 841 g/mol. The highest BCUT2D eigenvalue weighted by Gasteiger charge is 2.33. The summed E-state index contributed by atoms with van der Waals surface area (Å²) in [6, 6.07) is 29.5. The lowest BCUT2D eigenvalue weighted by Crippen LogP contribution is -2.32. The van der Waals surface area contributed by atoms with Crippen LogP contribution in [0, 0.1) is 16.0 Å². The van der Waals surface area contributed by atoms with Gasteiger partial charge in [-0.25, -0.2) is 18.1 Å². The van der Waals surface area contributed by atoms with Gasteiger partial charge in [0.15, 0.2) is 0 Å². The van der Waals surface area contributed by atoms with Crippen LogP contribution >= 0.6 is 0 Å². The molecule has 4 N–H and O–H groups in total. The molecule has 0 spiro atoms. The minimum atomic E-state index is -4.58. The molecule has 3 heterocycles. The SMILES string of the molecule is C[C@]1(O)CC[C@@H](CNc2ccc(S(=O)(=O)NC(=O)c3ccc(-c4ccc(N5CCC[C@H]5c5ccccc5C5CC5)cc4)cc3Oc3cnc4[nH]ccc4c3)cc2[N+](=O)[O-])CC1. The molecule has 2 saturated carbocycles. The van der Waals surface area contributed by atoms with Crippen LogP contribution in [0.4, 0.5) is 17.1 Å². The lowest BCUT2D eigenvalue weighted by molar-refractivity contribution is -0.384. The standard InChI is InChI=1S/C47H48N6O7S/c1-47(55)21-18-30(19-22-47)28-49-41-17-15-37(27-43(41)53(56)57)61(58,59)51-46(54)40-16-12-33(26-44(40)60-36-25-34-20-23-48-45(34)50-29-36)31-10-13-35(14-11-31)52-24-4-7-42(52)39-6-3-2-5-38(39)32-8-9-32/h2-3,5-6,10-17,20,23,25-27,29-30,32,42,49,55H,4,7-9,18-19,21-22,24,28H2,1H3,(H,48,50)(H,51,54)/t30-,42-,47+/m0/s1. The Morgan fingerprint density at radius 1 is 0.951 bits per heavy atom. The zero-order valence-corrected chi connectivity index (χ0v) is 34.7. The van der Waals surface area contributed by atoms with Gasteiger partial charge in [-0.1, -0.05) is 42.5 Å². The van der Waals surface area contributed by atoms with Crippen LogP contribution in [0.2, 0.25) is 0 Å². The Kier molecular flexibility index (Phi) is 10.7. The highest BCUT2D eigenvalue weighted by atomic mass is 32.2. The Balaban J connectivity index is 0.966. The number of carbonyl (C=O) groups excluding carboxylic acids is 1. The molecule has 13 nitrogen and oxygen atoms in total. The number of amides is 1. The van der Waals surface area contributed by atoms with Crippen molar-refractivity contribution in [3.8, 4) is 22.6 Å². The third-order valence-corrected chi connectivity index (χ3v) is 13.8. The molecule has 14 heteroatoms. The van der Waals surface area contributed by atoms with Crippen molar-refractivity contribution in [1.29, 1.82) is 0 Å². The van der Waals surface area contributed by atoms with E-state index in [0.29, 0.717) is 42.7 Å². The highest BCUT2D eigenvalue weighted by Crippen LogP contribution is 2.47. The second kappa shape index (κ2) is 16.3. The van der Waals surface area contributed by atoms with Gasteiger partial charge in [-0.3, -0.25) is 14.9 Å². The van der Waals surface area contributed by atoms with Gasteiger partial charge < -0.3 is 25.0 Å². The smallest absolute Gasteiger partial charge is 0.293 e. The average Bonchev–Trinajstić information content (AvgIpc) is 3.79. The van der Waals surface area contributed by atoms with Gasteiger partial charge in [0, 0.05) is 36.4 Å². The quantitative estimate of drug-likeness (QED) is 0.0646. The van der Waals surface area contributed by atoms with E-state index in [4.69, 9.17) is 4.74 Å². The number of benzene rings is 4. The van der Waals surface area contributed by atoms with Crippen LogP contribution in [0.25, 0.3) is 22.2 Å². The number of hydrogen-bond acceptors (Lipinski definition) is 10. The summed E-state index contributed by atoms with van der Waals surface area (Å²) in [6.07, 6.45) is 10.8. The summed E-state index contributed by atoms with van der Waals surface area (Å²) < 4.78 is 35.8. The third-order valence-electron chi connectivity index (χ3n) is 12.5. The van der Waals surface area contributed by atoms with Crippen LogP contribution in [0.5, 0.6) is 11.5 Å². The molecule has 1 saturated heterocycles. The van der Waals surface area contributed by atoms with Gasteiger partial charge >= 0.3 is 0 Å². The van der Waals surface area contributed by atoms with Crippen molar-refractivity contribution in [1.82, 2.24) is 14.7 Å². The number of aliphatic hydroxyl groups is 1. The van der Waals surface area contributed by atoms with Crippen LogP contribution in [0.3, 0.4) is 0 Å².